The Bertz CT molecular complexity index is 1580. The van der Waals surface area contributed by atoms with Gasteiger partial charge in [0.1, 0.15) is 48.4 Å². The van der Waals surface area contributed by atoms with Crippen LogP contribution in [0.4, 0.5) is 5.13 Å². The SMILES string of the molecule is C=CCO/N=C(\C(=O)N[C@@H]1C(=O)N2C(C(=O)O)=C(C[n+]3ccn4c(SCCN)cccc43)CS[C@H]12)c1csc(N)n1. The number of thioether (sulfide) groups is 2. The third kappa shape index (κ3) is 5.68. The lowest BCUT2D eigenvalue weighted by molar-refractivity contribution is -0.662. The fourth-order valence-corrected chi connectivity index (χ4v) is 7.17. The van der Waals surface area contributed by atoms with E-state index in [0.29, 0.717) is 17.9 Å². The minimum absolute atomic E-state index is 0.0591. The number of nitrogen functional groups attached to an aromatic ring is 1. The predicted molar refractivity (Wildman–Crippen MR) is 156 cm³/mol. The molecule has 0 saturated carbocycles. The van der Waals surface area contributed by atoms with Crippen molar-refractivity contribution in [1.29, 1.82) is 0 Å². The molecule has 2 aliphatic heterocycles. The number of amides is 2. The number of fused-ring (bicyclic) bond motifs is 2. The first kappa shape index (κ1) is 28.7. The van der Waals surface area contributed by atoms with Crippen molar-refractivity contribution < 1.29 is 28.9 Å². The first-order valence-corrected chi connectivity index (χ1v) is 15.3. The molecule has 41 heavy (non-hydrogen) atoms. The average Bonchev–Trinajstić information content (AvgIpc) is 3.58. The van der Waals surface area contributed by atoms with Crippen LogP contribution in [-0.2, 0) is 25.8 Å². The largest absolute Gasteiger partial charge is 0.477 e. The van der Waals surface area contributed by atoms with Gasteiger partial charge in [-0.05, 0) is 12.1 Å². The summed E-state index contributed by atoms with van der Waals surface area (Å²) in [7, 11) is 0. The van der Waals surface area contributed by atoms with E-state index in [1.165, 1.54) is 22.7 Å². The van der Waals surface area contributed by atoms with Gasteiger partial charge in [-0.25, -0.2) is 14.3 Å². The number of rotatable bonds is 12. The highest BCUT2D eigenvalue weighted by Gasteiger charge is 2.54. The zero-order chi connectivity index (χ0) is 29.1. The fraction of sp³-hybridized carbons (Fsp3) is 0.280. The number of carbonyl (C=O) groups excluding carboxylic acids is 2. The first-order valence-electron chi connectivity index (χ1n) is 12.4. The van der Waals surface area contributed by atoms with Gasteiger partial charge in [-0.2, -0.15) is 4.40 Å². The molecule has 0 spiro atoms. The zero-order valence-electron chi connectivity index (χ0n) is 21.6. The minimum Gasteiger partial charge on any atom is -0.477 e. The van der Waals surface area contributed by atoms with E-state index < -0.39 is 29.2 Å². The van der Waals surface area contributed by atoms with Crippen LogP contribution >= 0.6 is 34.9 Å². The number of aromatic nitrogens is 3. The van der Waals surface area contributed by atoms with Gasteiger partial charge in [-0.3, -0.25) is 14.5 Å². The molecule has 1 saturated heterocycles. The van der Waals surface area contributed by atoms with E-state index in [1.54, 1.807) is 17.1 Å². The number of nitrogens with zero attached hydrogens (tertiary/aromatic N) is 5. The lowest BCUT2D eigenvalue weighted by Crippen LogP contribution is -2.71. The zero-order valence-corrected chi connectivity index (χ0v) is 24.1. The quantitative estimate of drug-likeness (QED) is 0.0430. The van der Waals surface area contributed by atoms with Crippen molar-refractivity contribution >= 4 is 69.1 Å². The maximum Gasteiger partial charge on any atom is 0.352 e. The van der Waals surface area contributed by atoms with Gasteiger partial charge >= 0.3 is 5.97 Å². The van der Waals surface area contributed by atoms with Crippen LogP contribution in [-0.4, -0.2) is 79.0 Å². The normalized spacial score (nSPS) is 18.7. The molecule has 13 nitrogen and oxygen atoms in total. The van der Waals surface area contributed by atoms with Gasteiger partial charge in [0, 0.05) is 35.1 Å². The van der Waals surface area contributed by atoms with E-state index in [-0.39, 0.29) is 35.4 Å². The number of thiazole rings is 1. The van der Waals surface area contributed by atoms with Crippen molar-refractivity contribution in [2.24, 2.45) is 10.9 Å². The van der Waals surface area contributed by atoms with Crippen LogP contribution < -0.4 is 21.4 Å². The van der Waals surface area contributed by atoms with Gasteiger partial charge in [0.15, 0.2) is 15.9 Å². The van der Waals surface area contributed by atoms with Crippen LogP contribution in [0.3, 0.4) is 0 Å². The van der Waals surface area contributed by atoms with E-state index in [4.69, 9.17) is 16.3 Å². The molecule has 0 aromatic carbocycles. The predicted octanol–water partition coefficient (Wildman–Crippen LogP) is 0.662. The molecule has 6 N–H and O–H groups in total. The standard InChI is InChI=1S/C25H26N8O5S3/c1-2-9-38-30-18(15-13-41-25(27)28-15)21(34)29-19-22(35)33-20(24(36)37)14(12-40-23(19)33)11-31-7-8-32-16(31)4-3-5-17(32)39-10-6-26/h2-5,7-8,13,19,23H,1,6,9-12,26H2,(H3-,27,28,29,34,36,37)/p+1/b30-18-/t19-,23-/m1/s1. The molecule has 16 heteroatoms. The Morgan fingerprint density at radius 3 is 2.95 bits per heavy atom. The van der Waals surface area contributed by atoms with E-state index >= 15 is 0 Å². The summed E-state index contributed by atoms with van der Waals surface area (Å²) in [6.45, 7) is 4.44. The van der Waals surface area contributed by atoms with Crippen molar-refractivity contribution in [3.05, 3.63) is 65.6 Å². The molecule has 1 fully saturated rings. The number of pyridine rings is 1. The summed E-state index contributed by atoms with van der Waals surface area (Å²) in [5.74, 6) is -1.29. The highest BCUT2D eigenvalue weighted by atomic mass is 32.2. The number of imidazole rings is 1. The molecular weight excluding hydrogens is 589 g/mol. The molecule has 5 rings (SSSR count). The number of carboxylic acids is 1. The van der Waals surface area contributed by atoms with Gasteiger partial charge < -0.3 is 26.7 Å². The molecule has 0 bridgehead atoms. The van der Waals surface area contributed by atoms with E-state index in [0.717, 1.165) is 27.8 Å². The molecule has 3 aromatic heterocycles. The van der Waals surface area contributed by atoms with Crippen LogP contribution in [0.25, 0.3) is 5.65 Å². The third-order valence-corrected chi connectivity index (χ3v) is 9.33. The molecule has 0 unspecified atom stereocenters. The topological polar surface area (TPSA) is 182 Å². The Balaban J connectivity index is 1.36. The number of hydrogen-bond donors (Lipinski definition) is 4. The van der Waals surface area contributed by atoms with Crippen molar-refractivity contribution in [2.45, 2.75) is 23.0 Å². The Kier molecular flexibility index (Phi) is 8.63. The van der Waals surface area contributed by atoms with Gasteiger partial charge in [0.05, 0.1) is 0 Å². The lowest BCUT2D eigenvalue weighted by Gasteiger charge is -2.49. The summed E-state index contributed by atoms with van der Waals surface area (Å²) < 4.78 is 3.97. The monoisotopic (exact) mass is 615 g/mol. The summed E-state index contributed by atoms with van der Waals surface area (Å²) in [5, 5.41) is 18.9. The third-order valence-electron chi connectivity index (χ3n) is 6.25. The number of nitrogens with two attached hydrogens (primary N) is 2. The van der Waals surface area contributed by atoms with Crippen LogP contribution in [0.5, 0.6) is 0 Å². The second kappa shape index (κ2) is 12.3. The maximum atomic E-state index is 13.2. The molecule has 2 atom stereocenters. The fourth-order valence-electron chi connectivity index (χ4n) is 4.49. The summed E-state index contributed by atoms with van der Waals surface area (Å²) in [6.07, 6.45) is 5.27. The maximum absolute atomic E-state index is 13.2. The Labute approximate surface area is 246 Å². The Hall–Kier alpha value is -3.86. The highest BCUT2D eigenvalue weighted by molar-refractivity contribution is 8.00. The molecule has 0 aliphatic carbocycles. The summed E-state index contributed by atoms with van der Waals surface area (Å²) in [4.78, 5) is 49.2. The van der Waals surface area contributed by atoms with E-state index in [1.807, 2.05) is 39.6 Å². The van der Waals surface area contributed by atoms with Gasteiger partial charge in [-0.1, -0.05) is 29.6 Å². The number of β-lactam (4-membered cyclic amide) rings is 1. The Morgan fingerprint density at radius 2 is 2.24 bits per heavy atom. The molecule has 214 valence electrons. The number of nitrogens with one attached hydrogen (secondary N) is 1. The molecule has 2 aliphatic rings. The smallest absolute Gasteiger partial charge is 0.352 e. The number of carboxylic acid groups (broad SMARTS) is 1. The van der Waals surface area contributed by atoms with Gasteiger partial charge in [0.25, 0.3) is 17.5 Å². The molecule has 3 aromatic rings. The van der Waals surface area contributed by atoms with Gasteiger partial charge in [0.2, 0.25) is 0 Å². The average molecular weight is 616 g/mol. The van der Waals surface area contributed by atoms with Crippen LogP contribution in [0.15, 0.2) is 70.1 Å². The number of aliphatic carboxylic acids is 1. The van der Waals surface area contributed by atoms with Crippen molar-refractivity contribution in [1.82, 2.24) is 19.6 Å². The number of carbonyl (C=O) groups is 3. The molecule has 0 radical (unpaired) electrons. The van der Waals surface area contributed by atoms with E-state index in [9.17, 15) is 19.5 Å². The van der Waals surface area contributed by atoms with Crippen molar-refractivity contribution in [3.8, 4) is 0 Å². The second-order valence-electron chi connectivity index (χ2n) is 8.87. The summed E-state index contributed by atoms with van der Waals surface area (Å²) >= 11 is 4.14. The molecule has 5 heterocycles. The van der Waals surface area contributed by atoms with E-state index in [2.05, 4.69) is 22.0 Å². The van der Waals surface area contributed by atoms with Crippen LogP contribution in [0.2, 0.25) is 0 Å². The Morgan fingerprint density at radius 1 is 1.41 bits per heavy atom. The summed E-state index contributed by atoms with van der Waals surface area (Å²) in [6, 6.07) is 4.93. The molecular formula is C25H27N8O5S3+. The van der Waals surface area contributed by atoms with Gasteiger partial charge in [-0.15, -0.1) is 23.1 Å². The minimum atomic E-state index is -1.20. The number of anilines is 1. The van der Waals surface area contributed by atoms with Crippen LogP contribution in [0, 0.1) is 0 Å². The second-order valence-corrected chi connectivity index (χ2v) is 12.0. The molecule has 2 amide bonds. The van der Waals surface area contributed by atoms with Crippen molar-refractivity contribution in [2.75, 3.05) is 30.4 Å². The highest BCUT2D eigenvalue weighted by Crippen LogP contribution is 2.40. The first-order chi connectivity index (χ1) is 19.8. The van der Waals surface area contributed by atoms with Crippen molar-refractivity contribution in [3.63, 3.8) is 0 Å². The summed E-state index contributed by atoms with van der Waals surface area (Å²) in [5.41, 5.74) is 12.8. The van der Waals surface area contributed by atoms with Crippen LogP contribution in [0.1, 0.15) is 5.69 Å². The number of oxime groups is 1. The lowest BCUT2D eigenvalue weighted by atomic mass is 10.0. The number of hydrogen-bond acceptors (Lipinski definition) is 11.